The van der Waals surface area contributed by atoms with Crippen molar-refractivity contribution in [3.63, 3.8) is 0 Å². The van der Waals surface area contributed by atoms with E-state index in [4.69, 9.17) is 48.7 Å². The average Bonchev–Trinajstić information content (AvgIpc) is 3.49. The molecule has 0 heterocycles. The molecule has 15 nitrogen and oxygen atoms in total. The van der Waals surface area contributed by atoms with Crippen molar-refractivity contribution in [3.05, 3.63) is 12.3 Å². The zero-order chi connectivity index (χ0) is 60.2. The maximum atomic E-state index is 9.88. The van der Waals surface area contributed by atoms with E-state index in [1.54, 1.807) is 83.9 Å². The van der Waals surface area contributed by atoms with Gasteiger partial charge in [0.2, 0.25) is 8.32 Å². The molecule has 0 radical (unpaired) electrons. The van der Waals surface area contributed by atoms with Crippen LogP contribution in [0.5, 0.6) is 0 Å². The van der Waals surface area contributed by atoms with Crippen molar-refractivity contribution in [1.29, 1.82) is 0 Å². The molecule has 0 aromatic carbocycles. The van der Waals surface area contributed by atoms with Crippen LogP contribution in [-0.2, 0) is 48.7 Å². The fraction of sp³-hybridized carbons (Fsp3) is 0.956. The van der Waals surface area contributed by atoms with Gasteiger partial charge in [-0.05, 0) is 46.3 Å². The highest BCUT2D eigenvalue weighted by Gasteiger charge is 2.38. The van der Waals surface area contributed by atoms with E-state index in [-0.39, 0.29) is 24.9 Å². The second kappa shape index (κ2) is 59.4. The van der Waals surface area contributed by atoms with Crippen molar-refractivity contribution >= 4 is 211 Å². The van der Waals surface area contributed by atoms with Crippen LogP contribution < -0.4 is 0 Å². The van der Waals surface area contributed by atoms with Gasteiger partial charge in [0.25, 0.3) is 0 Å². The Balaban J connectivity index is -0.00000180. The fourth-order valence-electron chi connectivity index (χ4n) is 6.27. The van der Waals surface area contributed by atoms with Crippen LogP contribution in [0.1, 0.15) is 0 Å². The minimum atomic E-state index is -2.55. The third kappa shape index (κ3) is 42.7. The van der Waals surface area contributed by atoms with E-state index in [9.17, 15) is 20.4 Å². The SMILES string of the molecule is C=C[Si](OC)(OC)OC.CO[Si](CO)(CO)CCSCCSC(CSCC[Si](CO)(OC)OC)CSCC(CSCC[Si](CO)(OC)OC)SCCSCC[Si](OC)(OC)OC.SCCSC(CS)CSCC(CS)SCCS. The number of aliphatic hydroxyl groups excluding tert-OH is 4. The number of hydrogen-bond donors (Lipinski definition) is 8. The van der Waals surface area contributed by atoms with E-state index in [0.717, 1.165) is 128 Å². The first-order valence-electron chi connectivity index (χ1n) is 25.6. The molecule has 0 rings (SSSR count). The average molecular weight is 1470 g/mol. The van der Waals surface area contributed by atoms with Gasteiger partial charge in [0.15, 0.2) is 0 Å². The van der Waals surface area contributed by atoms with Crippen LogP contribution in [-0.4, -0.2) is 303 Å². The molecule has 4 N–H and O–H groups in total. The lowest BCUT2D eigenvalue weighted by Crippen LogP contribution is -2.47. The summed E-state index contributed by atoms with van der Waals surface area (Å²) in [5.41, 5.74) is 1.58. The molecule has 0 aromatic rings. The maximum Gasteiger partial charge on any atom is 0.528 e. The first kappa shape index (κ1) is 88.3. The molecule has 478 valence electrons. The van der Waals surface area contributed by atoms with Gasteiger partial charge in [-0.25, -0.2) is 0 Å². The van der Waals surface area contributed by atoms with E-state index in [2.05, 4.69) is 57.1 Å². The van der Waals surface area contributed by atoms with Gasteiger partial charge in [-0.3, -0.25) is 0 Å². The second-order valence-corrected chi connectivity index (χ2v) is 47.5. The molecule has 0 spiro atoms. The molecule has 34 heteroatoms. The molecule has 4 atom stereocenters. The zero-order valence-corrected chi connectivity index (χ0v) is 65.8. The first-order valence-corrected chi connectivity index (χ1v) is 50.0. The van der Waals surface area contributed by atoms with Crippen molar-refractivity contribution in [3.8, 4) is 0 Å². The minimum absolute atomic E-state index is 0.0398. The largest absolute Gasteiger partial charge is 0.528 e. The lowest BCUT2D eigenvalue weighted by atomic mass is 10.5. The third-order valence-corrected chi connectivity index (χ3v) is 43.3. The summed E-state index contributed by atoms with van der Waals surface area (Å²) in [6.07, 6.45) is -0.196. The molecule has 0 aliphatic carbocycles. The van der Waals surface area contributed by atoms with Crippen molar-refractivity contribution in [2.24, 2.45) is 0 Å². The van der Waals surface area contributed by atoms with Crippen LogP contribution in [0.3, 0.4) is 0 Å². The van der Waals surface area contributed by atoms with Crippen LogP contribution in [0.25, 0.3) is 0 Å². The van der Waals surface area contributed by atoms with Gasteiger partial charge in [-0.1, -0.05) is 6.58 Å². The van der Waals surface area contributed by atoms with E-state index in [0.29, 0.717) is 21.0 Å². The lowest BCUT2D eigenvalue weighted by molar-refractivity contribution is 0.125. The summed E-state index contributed by atoms with van der Waals surface area (Å²) in [5, 5.41) is 41.5. The molecule has 0 aliphatic rings. The molecule has 0 aromatic heterocycles. The van der Waals surface area contributed by atoms with Crippen LogP contribution in [0.2, 0.25) is 24.2 Å². The summed E-state index contributed by atoms with van der Waals surface area (Å²) in [7, 11) is 5.24. The second-order valence-electron chi connectivity index (χ2n) is 16.6. The number of aliphatic hydroxyl groups is 4. The highest BCUT2D eigenvalue weighted by atomic mass is 32.2. The van der Waals surface area contributed by atoms with Crippen molar-refractivity contribution < 1.29 is 69.1 Å². The number of thioether (sulfide) groups is 10. The summed E-state index contributed by atoms with van der Waals surface area (Å²) in [5.74, 6) is 20.3. The Hall–Kier alpha value is 5.12. The normalized spacial score (nSPS) is 14.1. The molecular formula is C45H104O15S14Si5. The van der Waals surface area contributed by atoms with Gasteiger partial charge >= 0.3 is 34.7 Å². The topological polar surface area (TPSA) is 182 Å². The van der Waals surface area contributed by atoms with E-state index in [1.165, 1.54) is 11.5 Å². The van der Waals surface area contributed by atoms with Gasteiger partial charge in [0, 0.05) is 198 Å². The van der Waals surface area contributed by atoms with Gasteiger partial charge in [0.05, 0.1) is 24.9 Å². The highest BCUT2D eigenvalue weighted by Crippen LogP contribution is 2.30. The fourth-order valence-corrected chi connectivity index (χ4v) is 31.5. The predicted octanol–water partition coefficient (Wildman–Crippen LogP) is 8.15. The van der Waals surface area contributed by atoms with Crippen LogP contribution in [0.4, 0.5) is 0 Å². The predicted molar refractivity (Wildman–Crippen MR) is 388 cm³/mol. The molecule has 0 fully saturated rings. The maximum absolute atomic E-state index is 9.88. The van der Waals surface area contributed by atoms with Gasteiger partial charge in [-0.15, -0.1) is 0 Å². The molecule has 0 amide bonds. The summed E-state index contributed by atoms with van der Waals surface area (Å²) >= 11 is 37.0. The molecule has 0 bridgehead atoms. The van der Waals surface area contributed by atoms with Crippen LogP contribution in [0, 0.1) is 0 Å². The quantitative estimate of drug-likeness (QED) is 0.0166. The Labute approximate surface area is 550 Å². The molecule has 79 heavy (non-hydrogen) atoms. The third-order valence-electron chi connectivity index (χ3n) is 11.8. The van der Waals surface area contributed by atoms with Gasteiger partial charge in [0.1, 0.15) is 0 Å². The minimum Gasteiger partial charge on any atom is -0.415 e. The zero-order valence-electron chi connectivity index (χ0n) is 49.0. The smallest absolute Gasteiger partial charge is 0.415 e. The van der Waals surface area contributed by atoms with Crippen molar-refractivity contribution in [1.82, 2.24) is 0 Å². The Morgan fingerprint density at radius 3 is 0.987 bits per heavy atom. The van der Waals surface area contributed by atoms with E-state index < -0.39 is 43.0 Å². The van der Waals surface area contributed by atoms with Crippen LogP contribution in [0.15, 0.2) is 12.3 Å². The van der Waals surface area contributed by atoms with E-state index in [1.807, 2.05) is 118 Å². The molecule has 4 unspecified atom stereocenters. The van der Waals surface area contributed by atoms with Crippen molar-refractivity contribution in [2.45, 2.75) is 45.2 Å². The highest BCUT2D eigenvalue weighted by molar-refractivity contribution is 8.08. The van der Waals surface area contributed by atoms with Gasteiger partial charge < -0.3 is 69.1 Å². The Kier molecular flexibility index (Phi) is 66.4. The van der Waals surface area contributed by atoms with E-state index >= 15 is 0 Å². The monoisotopic (exact) mass is 1470 g/mol. The summed E-state index contributed by atoms with van der Waals surface area (Å²) in [6, 6.07) is 3.02. The Morgan fingerprint density at radius 2 is 0.709 bits per heavy atom. The molecular weight excluding hydrogens is 1370 g/mol. The number of rotatable bonds is 56. The molecule has 0 aliphatic heterocycles. The van der Waals surface area contributed by atoms with Crippen molar-refractivity contribution in [2.75, 3.05) is 218 Å². The molecule has 0 saturated carbocycles. The number of hydrogen-bond acceptors (Lipinski definition) is 29. The summed E-state index contributed by atoms with van der Waals surface area (Å²) < 4.78 is 59.6. The Morgan fingerprint density at radius 1 is 0.367 bits per heavy atom. The van der Waals surface area contributed by atoms with Crippen LogP contribution >= 0.6 is 168 Å². The first-order chi connectivity index (χ1) is 38.1. The summed E-state index contributed by atoms with van der Waals surface area (Å²) in [4.78, 5) is 0. The standard InChI is InChI=1S/C30H70O12S7Si4.C10H22S7.C5H12O3Si/c1-35-50(25-31,26-32)17-13-43-9-11-48-29(21-45-14-18-51(27-33,36-2)37-3)23-47-24-30(22-46-15-19-52(28-34,38-4)39-5)49-12-10-44-16-20-53(40-6,41-7)42-8;11-1-3-16-9(5-13)7-15-8-10(6-14)17-4-2-12;1-5-9(6-2,7-3)8-4/h29-34H,9-28H2,1-8H3;9-14H,1-8H2;5H,1H2,2-4H3. The number of thiol groups is 4. The Bertz CT molecular complexity index is 1210. The summed E-state index contributed by atoms with van der Waals surface area (Å²) in [6.45, 7) is 3.53. The molecule has 0 saturated heterocycles. The lowest BCUT2D eigenvalue weighted by Gasteiger charge is -2.25. The van der Waals surface area contributed by atoms with Gasteiger partial charge in [-0.2, -0.15) is 168 Å².